The van der Waals surface area contributed by atoms with E-state index in [9.17, 15) is 9.59 Å². The molecule has 0 aliphatic heterocycles. The monoisotopic (exact) mass is 258 g/mol. The molecule has 4 nitrogen and oxygen atoms in total. The average molecular weight is 258 g/mol. The van der Waals surface area contributed by atoms with E-state index in [1.54, 1.807) is 6.92 Å². The van der Waals surface area contributed by atoms with Crippen molar-refractivity contribution < 1.29 is 4.79 Å². The summed E-state index contributed by atoms with van der Waals surface area (Å²) in [6, 6.07) is 7.83. The quantitative estimate of drug-likeness (QED) is 0.880. The molecular weight excluding hydrogens is 240 g/mol. The van der Waals surface area contributed by atoms with E-state index in [1.807, 2.05) is 31.2 Å². The van der Waals surface area contributed by atoms with Crippen molar-refractivity contribution in [3.63, 3.8) is 0 Å². The molecule has 19 heavy (non-hydrogen) atoms. The first-order chi connectivity index (χ1) is 9.10. The predicted octanol–water partition coefficient (Wildman–Crippen LogP) is 1.91. The molecule has 1 aromatic carbocycles. The Bertz CT molecular complexity index is 659. The lowest BCUT2D eigenvalue weighted by Crippen LogP contribution is -2.26. The third kappa shape index (κ3) is 3.22. The molecule has 0 bridgehead atoms. The molecule has 100 valence electrons. The number of aromatic nitrogens is 1. The number of carbonyl (C=O) groups excluding carboxylic acids is 1. The number of rotatable bonds is 4. The number of fused-ring (bicyclic) bond motifs is 1. The van der Waals surface area contributed by atoms with Gasteiger partial charge in [-0.25, -0.2) is 0 Å². The standard InChI is InChI=1S/C15H18N2O2/c1-3-14(18)16-7-6-11-9-12-8-10(2)4-5-13(12)17-15(11)19/h4-5,8-9H,3,6-7H2,1-2H3,(H,16,18)(H,17,19). The highest BCUT2D eigenvalue weighted by atomic mass is 16.1. The highest BCUT2D eigenvalue weighted by Gasteiger charge is 2.04. The maximum atomic E-state index is 11.9. The van der Waals surface area contributed by atoms with E-state index in [1.165, 1.54) is 0 Å². The summed E-state index contributed by atoms with van der Waals surface area (Å²) in [6.07, 6.45) is 1.01. The number of H-pyrrole nitrogens is 1. The molecule has 0 saturated heterocycles. The van der Waals surface area contributed by atoms with Crippen LogP contribution in [0.5, 0.6) is 0 Å². The highest BCUT2D eigenvalue weighted by molar-refractivity contribution is 5.79. The summed E-state index contributed by atoms with van der Waals surface area (Å²) in [6.45, 7) is 4.32. The van der Waals surface area contributed by atoms with Gasteiger partial charge < -0.3 is 10.3 Å². The highest BCUT2D eigenvalue weighted by Crippen LogP contribution is 2.13. The maximum absolute atomic E-state index is 11.9. The second-order valence-electron chi connectivity index (χ2n) is 4.67. The number of pyridine rings is 1. The first-order valence-corrected chi connectivity index (χ1v) is 6.49. The molecule has 0 saturated carbocycles. The summed E-state index contributed by atoms with van der Waals surface area (Å²) in [5.41, 5.74) is 2.62. The van der Waals surface area contributed by atoms with Gasteiger partial charge in [0.15, 0.2) is 0 Å². The first kappa shape index (κ1) is 13.3. The number of aromatic amines is 1. The van der Waals surface area contributed by atoms with Crippen LogP contribution in [0.3, 0.4) is 0 Å². The summed E-state index contributed by atoms with van der Waals surface area (Å²) in [4.78, 5) is 25.9. The fourth-order valence-electron chi connectivity index (χ4n) is 2.02. The minimum atomic E-state index is -0.0814. The molecular formula is C15H18N2O2. The number of aryl methyl sites for hydroxylation is 1. The average Bonchev–Trinajstić information content (AvgIpc) is 2.39. The Labute approximate surface area is 111 Å². The second kappa shape index (κ2) is 5.69. The van der Waals surface area contributed by atoms with Crippen LogP contribution < -0.4 is 10.9 Å². The zero-order valence-electron chi connectivity index (χ0n) is 11.2. The van der Waals surface area contributed by atoms with Crippen LogP contribution in [-0.4, -0.2) is 17.4 Å². The van der Waals surface area contributed by atoms with Crippen LogP contribution >= 0.6 is 0 Å². The van der Waals surface area contributed by atoms with Crippen LogP contribution in [0.4, 0.5) is 0 Å². The lowest BCUT2D eigenvalue weighted by molar-refractivity contribution is -0.120. The molecule has 0 radical (unpaired) electrons. The van der Waals surface area contributed by atoms with Gasteiger partial charge in [0, 0.05) is 24.0 Å². The summed E-state index contributed by atoms with van der Waals surface area (Å²) >= 11 is 0. The Balaban J connectivity index is 2.21. The molecule has 0 unspecified atom stereocenters. The minimum Gasteiger partial charge on any atom is -0.356 e. The van der Waals surface area contributed by atoms with Crippen LogP contribution in [-0.2, 0) is 11.2 Å². The Kier molecular flexibility index (Phi) is 4.00. The van der Waals surface area contributed by atoms with E-state index in [4.69, 9.17) is 0 Å². The van der Waals surface area contributed by atoms with E-state index in [-0.39, 0.29) is 11.5 Å². The molecule has 0 aliphatic rings. The zero-order valence-corrected chi connectivity index (χ0v) is 11.2. The van der Waals surface area contributed by atoms with Crippen molar-refractivity contribution in [2.45, 2.75) is 26.7 Å². The first-order valence-electron chi connectivity index (χ1n) is 6.49. The van der Waals surface area contributed by atoms with Crippen molar-refractivity contribution in [2.24, 2.45) is 0 Å². The zero-order chi connectivity index (χ0) is 13.8. The number of nitrogens with one attached hydrogen (secondary N) is 2. The summed E-state index contributed by atoms with van der Waals surface area (Å²) < 4.78 is 0. The van der Waals surface area contributed by atoms with Gasteiger partial charge in [-0.3, -0.25) is 9.59 Å². The molecule has 0 fully saturated rings. The van der Waals surface area contributed by atoms with Gasteiger partial charge in [-0.1, -0.05) is 18.6 Å². The molecule has 1 amide bonds. The molecule has 2 rings (SSSR count). The van der Waals surface area contributed by atoms with Gasteiger partial charge in [-0.15, -0.1) is 0 Å². The van der Waals surface area contributed by atoms with Crippen molar-refractivity contribution >= 4 is 16.8 Å². The lowest BCUT2D eigenvalue weighted by Gasteiger charge is -2.05. The lowest BCUT2D eigenvalue weighted by atomic mass is 10.1. The second-order valence-corrected chi connectivity index (χ2v) is 4.67. The van der Waals surface area contributed by atoms with Crippen LogP contribution in [0.2, 0.25) is 0 Å². The van der Waals surface area contributed by atoms with Gasteiger partial charge in [-0.05, 0) is 36.9 Å². The van der Waals surface area contributed by atoms with Gasteiger partial charge in [0.2, 0.25) is 5.91 Å². The topological polar surface area (TPSA) is 62.0 Å². The van der Waals surface area contributed by atoms with E-state index >= 15 is 0 Å². The summed E-state index contributed by atoms with van der Waals surface area (Å²) in [5.74, 6) is 0.00746. The molecule has 1 aromatic heterocycles. The summed E-state index contributed by atoms with van der Waals surface area (Å²) in [5, 5.41) is 3.80. The molecule has 0 atom stereocenters. The molecule has 0 aliphatic carbocycles. The maximum Gasteiger partial charge on any atom is 0.251 e. The molecule has 4 heteroatoms. The van der Waals surface area contributed by atoms with Crippen molar-refractivity contribution in [1.29, 1.82) is 0 Å². The normalized spacial score (nSPS) is 10.6. The van der Waals surface area contributed by atoms with E-state index < -0.39 is 0 Å². The van der Waals surface area contributed by atoms with Gasteiger partial charge in [0.05, 0.1) is 0 Å². The Morgan fingerprint density at radius 2 is 2.11 bits per heavy atom. The van der Waals surface area contributed by atoms with Crippen molar-refractivity contribution in [3.05, 3.63) is 45.7 Å². The van der Waals surface area contributed by atoms with Gasteiger partial charge in [0.1, 0.15) is 0 Å². The third-order valence-corrected chi connectivity index (χ3v) is 3.11. The van der Waals surface area contributed by atoms with E-state index in [0.717, 1.165) is 16.5 Å². The van der Waals surface area contributed by atoms with Crippen molar-refractivity contribution in [1.82, 2.24) is 10.3 Å². The van der Waals surface area contributed by atoms with Gasteiger partial charge in [-0.2, -0.15) is 0 Å². The molecule has 0 spiro atoms. The smallest absolute Gasteiger partial charge is 0.251 e. The van der Waals surface area contributed by atoms with Crippen molar-refractivity contribution in [2.75, 3.05) is 6.54 Å². The molecule has 2 N–H and O–H groups in total. The van der Waals surface area contributed by atoms with Gasteiger partial charge in [0.25, 0.3) is 5.56 Å². The minimum absolute atomic E-state index is 0.00746. The van der Waals surface area contributed by atoms with E-state index in [0.29, 0.717) is 24.9 Å². The predicted molar refractivity (Wildman–Crippen MR) is 76.3 cm³/mol. The van der Waals surface area contributed by atoms with Crippen molar-refractivity contribution in [3.8, 4) is 0 Å². The number of carbonyl (C=O) groups is 1. The number of hydrogen-bond donors (Lipinski definition) is 2. The van der Waals surface area contributed by atoms with Gasteiger partial charge >= 0.3 is 0 Å². The Morgan fingerprint density at radius 1 is 1.32 bits per heavy atom. The van der Waals surface area contributed by atoms with Crippen LogP contribution in [0.15, 0.2) is 29.1 Å². The Morgan fingerprint density at radius 3 is 2.84 bits per heavy atom. The third-order valence-electron chi connectivity index (χ3n) is 3.11. The van der Waals surface area contributed by atoms with E-state index in [2.05, 4.69) is 10.3 Å². The largest absolute Gasteiger partial charge is 0.356 e. The SMILES string of the molecule is CCC(=O)NCCc1cc2cc(C)ccc2[nH]c1=O. The molecule has 1 heterocycles. The number of amides is 1. The van der Waals surface area contributed by atoms with Crippen LogP contribution in [0.1, 0.15) is 24.5 Å². The molecule has 2 aromatic rings. The fraction of sp³-hybridized carbons (Fsp3) is 0.333. The fourth-order valence-corrected chi connectivity index (χ4v) is 2.02. The number of hydrogen-bond acceptors (Lipinski definition) is 2. The summed E-state index contributed by atoms with van der Waals surface area (Å²) in [7, 11) is 0. The van der Waals surface area contributed by atoms with Crippen LogP contribution in [0.25, 0.3) is 10.9 Å². The number of benzene rings is 1. The van der Waals surface area contributed by atoms with Crippen LogP contribution in [0, 0.1) is 6.92 Å². The Hall–Kier alpha value is -2.10.